The van der Waals surface area contributed by atoms with Gasteiger partial charge in [0.05, 0.1) is 10.0 Å². The fourth-order valence-electron chi connectivity index (χ4n) is 3.47. The predicted octanol–water partition coefficient (Wildman–Crippen LogP) is 4.77. The molecular weight excluding hydrogens is 421 g/mol. The molecule has 0 aliphatic carbocycles. The zero-order chi connectivity index (χ0) is 21.1. The van der Waals surface area contributed by atoms with Gasteiger partial charge in [-0.1, -0.05) is 35.3 Å². The lowest BCUT2D eigenvalue weighted by atomic mass is 10.1. The van der Waals surface area contributed by atoms with E-state index < -0.39 is 5.82 Å². The lowest BCUT2D eigenvalue weighted by Gasteiger charge is -2.44. The molecule has 1 amide bonds. The minimum Gasteiger partial charge on any atom is -0.481 e. The number of benzene rings is 2. The summed E-state index contributed by atoms with van der Waals surface area (Å²) in [5.41, 5.74) is 1.02. The molecule has 1 saturated heterocycles. The number of nitrogens with zero attached hydrogens (tertiary/aromatic N) is 2. The summed E-state index contributed by atoms with van der Waals surface area (Å²) in [5.74, 6) is -0.925. The van der Waals surface area contributed by atoms with Crippen molar-refractivity contribution in [1.29, 1.82) is 0 Å². The summed E-state index contributed by atoms with van der Waals surface area (Å²) in [5, 5.41) is 0.0432. The number of rotatable bonds is 5. The van der Waals surface area contributed by atoms with Gasteiger partial charge in [0.1, 0.15) is 11.6 Å². The molecular formula is C21H22Cl2F2N2O2. The van der Waals surface area contributed by atoms with Crippen molar-refractivity contribution in [3.63, 3.8) is 0 Å². The van der Waals surface area contributed by atoms with Crippen molar-refractivity contribution in [2.24, 2.45) is 0 Å². The van der Waals surface area contributed by atoms with Crippen LogP contribution in [-0.2, 0) is 11.3 Å². The highest BCUT2D eigenvalue weighted by Crippen LogP contribution is 2.33. The van der Waals surface area contributed by atoms with E-state index in [1.54, 1.807) is 17.0 Å². The van der Waals surface area contributed by atoms with Crippen LogP contribution < -0.4 is 4.74 Å². The standard InChI is InChI=1S/C21H22Cl2F2N2O2/c1-13-10-27(14(2)9-26(13)11-15-3-5-16(24)6-4-15)20(28)12-29-21-18(22)7-17(25)8-19(21)23/h3-8,13-14H,9-12H2,1-2H3/t13-,14+/m0/s1. The highest BCUT2D eigenvalue weighted by molar-refractivity contribution is 6.37. The summed E-state index contributed by atoms with van der Waals surface area (Å²) >= 11 is 11.9. The third-order valence-electron chi connectivity index (χ3n) is 5.04. The third-order valence-corrected chi connectivity index (χ3v) is 5.60. The van der Waals surface area contributed by atoms with Crippen LogP contribution in [0.15, 0.2) is 36.4 Å². The number of piperazine rings is 1. The first-order chi connectivity index (χ1) is 13.7. The zero-order valence-electron chi connectivity index (χ0n) is 16.2. The Morgan fingerprint density at radius 1 is 1.03 bits per heavy atom. The summed E-state index contributed by atoms with van der Waals surface area (Å²) in [7, 11) is 0. The molecule has 0 spiro atoms. The van der Waals surface area contributed by atoms with Crippen molar-refractivity contribution < 1.29 is 18.3 Å². The molecule has 8 heteroatoms. The maximum atomic E-state index is 13.3. The number of halogens is 4. The molecule has 156 valence electrons. The summed E-state index contributed by atoms with van der Waals surface area (Å²) in [6, 6.07) is 8.72. The molecule has 0 unspecified atom stereocenters. The highest BCUT2D eigenvalue weighted by Gasteiger charge is 2.32. The van der Waals surface area contributed by atoms with Crippen LogP contribution in [0.5, 0.6) is 5.75 Å². The van der Waals surface area contributed by atoms with Crippen molar-refractivity contribution in [3.05, 3.63) is 63.6 Å². The van der Waals surface area contributed by atoms with Gasteiger partial charge in [0, 0.05) is 31.7 Å². The number of carbonyl (C=O) groups excluding carboxylic acids is 1. The Morgan fingerprint density at radius 3 is 2.28 bits per heavy atom. The molecule has 2 aromatic rings. The van der Waals surface area contributed by atoms with Gasteiger partial charge in [-0.05, 0) is 43.7 Å². The van der Waals surface area contributed by atoms with Gasteiger partial charge in [-0.15, -0.1) is 0 Å². The lowest BCUT2D eigenvalue weighted by Crippen LogP contribution is -2.58. The first kappa shape index (κ1) is 21.8. The van der Waals surface area contributed by atoms with Gasteiger partial charge in [0.25, 0.3) is 5.91 Å². The second-order valence-electron chi connectivity index (χ2n) is 7.29. The highest BCUT2D eigenvalue weighted by atomic mass is 35.5. The Morgan fingerprint density at radius 2 is 1.66 bits per heavy atom. The van der Waals surface area contributed by atoms with Crippen molar-refractivity contribution in [3.8, 4) is 5.75 Å². The van der Waals surface area contributed by atoms with E-state index in [1.165, 1.54) is 12.1 Å². The molecule has 2 atom stereocenters. The molecule has 0 N–H and O–H groups in total. The van der Waals surface area contributed by atoms with E-state index in [0.29, 0.717) is 19.6 Å². The number of hydrogen-bond donors (Lipinski definition) is 0. The normalized spacial score (nSPS) is 20.0. The van der Waals surface area contributed by atoms with E-state index in [2.05, 4.69) is 4.90 Å². The van der Waals surface area contributed by atoms with Crippen LogP contribution in [0.4, 0.5) is 8.78 Å². The smallest absolute Gasteiger partial charge is 0.260 e. The minimum atomic E-state index is -0.571. The first-order valence-corrected chi connectivity index (χ1v) is 10.1. The van der Waals surface area contributed by atoms with Crippen molar-refractivity contribution in [2.75, 3.05) is 19.7 Å². The summed E-state index contributed by atoms with van der Waals surface area (Å²) in [6.45, 7) is 5.69. The molecule has 4 nitrogen and oxygen atoms in total. The molecule has 0 saturated carbocycles. The Balaban J connectivity index is 1.59. The Kier molecular flexibility index (Phi) is 6.98. The molecule has 2 aromatic carbocycles. The largest absolute Gasteiger partial charge is 0.481 e. The predicted molar refractivity (Wildman–Crippen MR) is 109 cm³/mol. The molecule has 1 aliphatic rings. The van der Waals surface area contributed by atoms with Crippen LogP contribution in [0, 0.1) is 11.6 Å². The number of hydrogen-bond acceptors (Lipinski definition) is 3. The maximum Gasteiger partial charge on any atom is 0.260 e. The van der Waals surface area contributed by atoms with E-state index in [9.17, 15) is 13.6 Å². The monoisotopic (exact) mass is 442 g/mol. The SMILES string of the molecule is C[C@@H]1CN(Cc2ccc(F)cc2)[C@@H](C)CN1C(=O)COc1c(Cl)cc(F)cc1Cl. The number of ether oxygens (including phenoxy) is 1. The molecule has 29 heavy (non-hydrogen) atoms. The second-order valence-corrected chi connectivity index (χ2v) is 8.10. The van der Waals surface area contributed by atoms with Gasteiger partial charge >= 0.3 is 0 Å². The third kappa shape index (κ3) is 5.38. The van der Waals surface area contributed by atoms with E-state index in [-0.39, 0.29) is 46.2 Å². The van der Waals surface area contributed by atoms with E-state index in [4.69, 9.17) is 27.9 Å². The molecule has 0 aromatic heterocycles. The van der Waals surface area contributed by atoms with Gasteiger partial charge in [0.2, 0.25) is 0 Å². The summed E-state index contributed by atoms with van der Waals surface area (Å²) < 4.78 is 31.9. The van der Waals surface area contributed by atoms with Gasteiger partial charge < -0.3 is 9.64 Å². The molecule has 0 radical (unpaired) electrons. The number of amides is 1. The molecule has 0 bridgehead atoms. The van der Waals surface area contributed by atoms with Gasteiger partial charge in [-0.25, -0.2) is 8.78 Å². The van der Waals surface area contributed by atoms with E-state index in [1.807, 2.05) is 13.8 Å². The van der Waals surface area contributed by atoms with E-state index >= 15 is 0 Å². The van der Waals surface area contributed by atoms with Crippen molar-refractivity contribution in [1.82, 2.24) is 9.80 Å². The second kappa shape index (κ2) is 9.28. The summed E-state index contributed by atoms with van der Waals surface area (Å²) in [4.78, 5) is 16.7. The van der Waals surface area contributed by atoms with E-state index in [0.717, 1.165) is 17.7 Å². The topological polar surface area (TPSA) is 32.8 Å². The van der Waals surface area contributed by atoms with Crippen molar-refractivity contribution >= 4 is 29.1 Å². The molecule has 3 rings (SSSR count). The average Bonchev–Trinajstić information content (AvgIpc) is 2.65. The van der Waals surface area contributed by atoms with Crippen LogP contribution in [0.1, 0.15) is 19.4 Å². The Labute approximate surface area is 178 Å². The van der Waals surface area contributed by atoms with Crippen LogP contribution in [0.3, 0.4) is 0 Å². The van der Waals surface area contributed by atoms with Crippen LogP contribution in [0.25, 0.3) is 0 Å². The van der Waals surface area contributed by atoms with Gasteiger partial charge in [0.15, 0.2) is 12.4 Å². The average molecular weight is 443 g/mol. The Bertz CT molecular complexity index is 856. The quantitative estimate of drug-likeness (QED) is 0.668. The fourth-order valence-corrected chi connectivity index (χ4v) is 4.04. The van der Waals surface area contributed by atoms with Gasteiger partial charge in [-0.3, -0.25) is 9.69 Å². The van der Waals surface area contributed by atoms with Crippen molar-refractivity contribution in [2.45, 2.75) is 32.5 Å². The maximum absolute atomic E-state index is 13.3. The lowest BCUT2D eigenvalue weighted by molar-refractivity contribution is -0.139. The molecule has 1 heterocycles. The number of carbonyl (C=O) groups is 1. The summed E-state index contributed by atoms with van der Waals surface area (Å²) in [6.07, 6.45) is 0. The molecule has 1 fully saturated rings. The van der Waals surface area contributed by atoms with Crippen LogP contribution >= 0.6 is 23.2 Å². The van der Waals surface area contributed by atoms with Crippen LogP contribution in [-0.4, -0.2) is 47.5 Å². The minimum absolute atomic E-state index is 0.0216. The fraction of sp³-hybridized carbons (Fsp3) is 0.381. The molecule has 1 aliphatic heterocycles. The Hall–Kier alpha value is -1.89. The van der Waals surface area contributed by atoms with Crippen LogP contribution in [0.2, 0.25) is 10.0 Å². The zero-order valence-corrected chi connectivity index (χ0v) is 17.7. The van der Waals surface area contributed by atoms with Gasteiger partial charge in [-0.2, -0.15) is 0 Å². The first-order valence-electron chi connectivity index (χ1n) is 9.30.